The van der Waals surface area contributed by atoms with Crippen LogP contribution < -0.4 is 0 Å². The molecule has 0 aliphatic carbocycles. The van der Waals surface area contributed by atoms with Crippen molar-refractivity contribution in [2.75, 3.05) is 13.1 Å². The molecule has 1 fully saturated rings. The monoisotopic (exact) mass is 265 g/mol. The van der Waals surface area contributed by atoms with Crippen LogP contribution in [-0.4, -0.2) is 44.4 Å². The fourth-order valence-corrected chi connectivity index (χ4v) is 2.69. The largest absolute Gasteiger partial charge is 0.388 e. The zero-order valence-electron chi connectivity index (χ0n) is 12.0. The molecular weight excluding hydrogens is 242 g/mol. The van der Waals surface area contributed by atoms with Gasteiger partial charge in [0.25, 0.3) is 0 Å². The number of aryl methyl sites for hydroxylation is 3. The maximum absolute atomic E-state index is 12.2. The molecule has 1 saturated heterocycles. The molecule has 2 rings (SSSR count). The Labute approximate surface area is 114 Å². The summed E-state index contributed by atoms with van der Waals surface area (Å²) < 4.78 is 1.87. The third-order valence-electron chi connectivity index (χ3n) is 3.67. The molecule has 106 valence electrons. The van der Waals surface area contributed by atoms with Crippen molar-refractivity contribution in [1.82, 2.24) is 14.7 Å². The van der Waals surface area contributed by atoms with Crippen molar-refractivity contribution >= 4 is 5.91 Å². The topological polar surface area (TPSA) is 58.4 Å². The second kappa shape index (κ2) is 5.33. The van der Waals surface area contributed by atoms with E-state index in [1.807, 2.05) is 24.6 Å². The molecule has 0 aromatic carbocycles. The van der Waals surface area contributed by atoms with E-state index in [4.69, 9.17) is 0 Å². The Morgan fingerprint density at radius 1 is 1.53 bits per heavy atom. The average molecular weight is 265 g/mol. The number of rotatable bonds is 3. The number of likely N-dealkylation sites (tertiary alicyclic amines) is 1. The van der Waals surface area contributed by atoms with Crippen LogP contribution in [0.2, 0.25) is 0 Å². The van der Waals surface area contributed by atoms with Crippen molar-refractivity contribution in [3.63, 3.8) is 0 Å². The lowest BCUT2D eigenvalue weighted by Crippen LogP contribution is -2.48. The summed E-state index contributed by atoms with van der Waals surface area (Å²) in [6, 6.07) is 2.01. The van der Waals surface area contributed by atoms with Gasteiger partial charge in [-0.1, -0.05) is 0 Å². The number of aliphatic hydroxyl groups is 1. The first-order chi connectivity index (χ1) is 8.87. The summed E-state index contributed by atoms with van der Waals surface area (Å²) in [4.78, 5) is 13.9. The lowest BCUT2D eigenvalue weighted by atomic mass is 9.95. The highest BCUT2D eigenvalue weighted by atomic mass is 16.3. The van der Waals surface area contributed by atoms with E-state index in [0.717, 1.165) is 30.8 Å². The van der Waals surface area contributed by atoms with Gasteiger partial charge >= 0.3 is 0 Å². The lowest BCUT2D eigenvalue weighted by molar-refractivity contribution is -0.137. The van der Waals surface area contributed by atoms with Gasteiger partial charge in [0.15, 0.2) is 0 Å². The number of β-amino-alcohol motifs (C(OH)–C–C–N with tert-alkyl or cyclic N) is 1. The molecule has 1 unspecified atom stereocenters. The highest BCUT2D eigenvalue weighted by molar-refractivity contribution is 5.76. The molecule has 0 radical (unpaired) electrons. The van der Waals surface area contributed by atoms with Crippen LogP contribution in [0.3, 0.4) is 0 Å². The van der Waals surface area contributed by atoms with Crippen LogP contribution >= 0.6 is 0 Å². The summed E-state index contributed by atoms with van der Waals surface area (Å²) in [5.74, 6) is 0.104. The first-order valence-corrected chi connectivity index (χ1v) is 6.89. The molecule has 2 heterocycles. The molecule has 1 aliphatic heterocycles. The molecule has 1 aromatic heterocycles. The molecule has 1 N–H and O–H groups in total. The highest BCUT2D eigenvalue weighted by Gasteiger charge is 2.30. The Morgan fingerprint density at radius 2 is 2.26 bits per heavy atom. The smallest absolute Gasteiger partial charge is 0.224 e. The Bertz CT molecular complexity index is 465. The SMILES string of the molecule is Cc1cc(C)n(CCC(=O)N2CCCC(C)(O)C2)n1. The van der Waals surface area contributed by atoms with Gasteiger partial charge in [0.2, 0.25) is 5.91 Å². The van der Waals surface area contributed by atoms with Gasteiger partial charge < -0.3 is 10.0 Å². The van der Waals surface area contributed by atoms with Gasteiger partial charge in [0.1, 0.15) is 0 Å². The van der Waals surface area contributed by atoms with Gasteiger partial charge in [-0.15, -0.1) is 0 Å². The third-order valence-corrected chi connectivity index (χ3v) is 3.67. The summed E-state index contributed by atoms with van der Waals surface area (Å²) >= 11 is 0. The van der Waals surface area contributed by atoms with Crippen molar-refractivity contribution in [1.29, 1.82) is 0 Å². The molecule has 0 bridgehead atoms. The first-order valence-electron chi connectivity index (χ1n) is 6.89. The van der Waals surface area contributed by atoms with Crippen molar-refractivity contribution < 1.29 is 9.90 Å². The standard InChI is InChI=1S/C14H23N3O2/c1-11-9-12(2)17(15-11)8-5-13(18)16-7-4-6-14(3,19)10-16/h9,19H,4-8,10H2,1-3H3. The highest BCUT2D eigenvalue weighted by Crippen LogP contribution is 2.20. The Morgan fingerprint density at radius 3 is 2.84 bits per heavy atom. The summed E-state index contributed by atoms with van der Waals surface area (Å²) in [7, 11) is 0. The second-order valence-electron chi connectivity index (χ2n) is 5.82. The van der Waals surface area contributed by atoms with E-state index < -0.39 is 5.60 Å². The van der Waals surface area contributed by atoms with Crippen molar-refractivity contribution in [2.24, 2.45) is 0 Å². The zero-order valence-corrected chi connectivity index (χ0v) is 12.0. The van der Waals surface area contributed by atoms with E-state index in [2.05, 4.69) is 5.10 Å². The normalized spacial score (nSPS) is 23.7. The zero-order chi connectivity index (χ0) is 14.0. The Hall–Kier alpha value is -1.36. The molecule has 19 heavy (non-hydrogen) atoms. The van der Waals surface area contributed by atoms with E-state index in [9.17, 15) is 9.90 Å². The minimum atomic E-state index is -0.730. The molecule has 1 aromatic rings. The number of carbonyl (C=O) groups excluding carboxylic acids is 1. The van der Waals surface area contributed by atoms with Crippen LogP contribution in [0.5, 0.6) is 0 Å². The molecule has 1 aliphatic rings. The fourth-order valence-electron chi connectivity index (χ4n) is 2.69. The fraction of sp³-hybridized carbons (Fsp3) is 0.714. The number of amides is 1. The van der Waals surface area contributed by atoms with E-state index in [-0.39, 0.29) is 5.91 Å². The van der Waals surface area contributed by atoms with Crippen LogP contribution in [0.1, 0.15) is 37.6 Å². The lowest BCUT2D eigenvalue weighted by Gasteiger charge is -2.36. The Kier molecular flexibility index (Phi) is 3.94. The van der Waals surface area contributed by atoms with Gasteiger partial charge in [-0.2, -0.15) is 5.10 Å². The second-order valence-corrected chi connectivity index (χ2v) is 5.82. The molecule has 0 spiro atoms. The number of carbonyl (C=O) groups is 1. The van der Waals surface area contributed by atoms with E-state index in [0.29, 0.717) is 19.5 Å². The van der Waals surface area contributed by atoms with Gasteiger partial charge in [0, 0.05) is 31.7 Å². The number of aromatic nitrogens is 2. The summed E-state index contributed by atoms with van der Waals surface area (Å²) in [5.41, 5.74) is 1.33. The summed E-state index contributed by atoms with van der Waals surface area (Å²) in [6.07, 6.45) is 2.09. The van der Waals surface area contributed by atoms with E-state index in [1.54, 1.807) is 11.8 Å². The van der Waals surface area contributed by atoms with Crippen molar-refractivity contribution in [3.05, 3.63) is 17.5 Å². The van der Waals surface area contributed by atoms with Crippen LogP contribution in [0, 0.1) is 13.8 Å². The van der Waals surface area contributed by atoms with E-state index >= 15 is 0 Å². The molecular formula is C14H23N3O2. The van der Waals surface area contributed by atoms with E-state index in [1.165, 1.54) is 0 Å². The molecule has 1 amide bonds. The predicted molar refractivity (Wildman–Crippen MR) is 72.8 cm³/mol. The molecule has 1 atom stereocenters. The molecule has 0 saturated carbocycles. The van der Waals surface area contributed by atoms with Crippen LogP contribution in [0.15, 0.2) is 6.07 Å². The van der Waals surface area contributed by atoms with Gasteiger partial charge in [-0.05, 0) is 39.7 Å². The quantitative estimate of drug-likeness (QED) is 0.895. The molecule has 5 nitrogen and oxygen atoms in total. The predicted octanol–water partition coefficient (Wildman–Crippen LogP) is 1.26. The Balaban J connectivity index is 1.89. The van der Waals surface area contributed by atoms with Crippen molar-refractivity contribution in [3.8, 4) is 0 Å². The maximum atomic E-state index is 12.2. The minimum Gasteiger partial charge on any atom is -0.388 e. The van der Waals surface area contributed by atoms with Gasteiger partial charge in [0.05, 0.1) is 11.3 Å². The number of hydrogen-bond donors (Lipinski definition) is 1. The van der Waals surface area contributed by atoms with Crippen LogP contribution in [-0.2, 0) is 11.3 Å². The average Bonchev–Trinajstić information content (AvgIpc) is 2.63. The maximum Gasteiger partial charge on any atom is 0.224 e. The van der Waals surface area contributed by atoms with Gasteiger partial charge in [-0.25, -0.2) is 0 Å². The number of nitrogens with zero attached hydrogens (tertiary/aromatic N) is 3. The minimum absolute atomic E-state index is 0.104. The third kappa shape index (κ3) is 3.56. The molecule has 5 heteroatoms. The van der Waals surface area contributed by atoms with Crippen LogP contribution in [0.25, 0.3) is 0 Å². The van der Waals surface area contributed by atoms with Gasteiger partial charge in [-0.3, -0.25) is 9.48 Å². The first kappa shape index (κ1) is 14.1. The van der Waals surface area contributed by atoms with Crippen molar-refractivity contribution in [2.45, 2.75) is 52.2 Å². The summed E-state index contributed by atoms with van der Waals surface area (Å²) in [6.45, 7) is 7.56. The number of piperidine rings is 1. The summed E-state index contributed by atoms with van der Waals surface area (Å²) in [5, 5.41) is 14.4. The van der Waals surface area contributed by atoms with Crippen LogP contribution in [0.4, 0.5) is 0 Å². The number of hydrogen-bond acceptors (Lipinski definition) is 3.